The standard InChI is InChI=1S/C24H31N3O3/c1-17-16-21(19-9-12-25-13-10-19)30-24(29)22(17)23(28)26-11-5-15-27-14-4-7-18-6-2-3-8-20(18)27/h2-3,6,8,16,19,25H,4-5,7,9-15H2,1H3,(H,26,28). The normalized spacial score (nSPS) is 16.9. The SMILES string of the molecule is Cc1cc(C2CCNCC2)oc(=O)c1C(=O)NCCCN1CCCc2ccccc21. The zero-order chi connectivity index (χ0) is 20.9. The molecule has 0 bridgehead atoms. The Labute approximate surface area is 177 Å². The third-order valence-corrected chi connectivity index (χ3v) is 6.23. The Balaban J connectivity index is 1.33. The number of piperidine rings is 1. The van der Waals surface area contributed by atoms with Gasteiger partial charge in [0.1, 0.15) is 11.3 Å². The number of carbonyl (C=O) groups is 1. The Bertz CT molecular complexity index is 947. The predicted molar refractivity (Wildman–Crippen MR) is 118 cm³/mol. The van der Waals surface area contributed by atoms with Crippen molar-refractivity contribution in [3.8, 4) is 0 Å². The number of fused-ring (bicyclic) bond motifs is 1. The van der Waals surface area contributed by atoms with Gasteiger partial charge in [0.15, 0.2) is 0 Å². The fourth-order valence-corrected chi connectivity index (χ4v) is 4.62. The van der Waals surface area contributed by atoms with Crippen molar-refractivity contribution < 1.29 is 9.21 Å². The van der Waals surface area contributed by atoms with Crippen LogP contribution in [0.5, 0.6) is 0 Å². The maximum Gasteiger partial charge on any atom is 0.349 e. The van der Waals surface area contributed by atoms with Crippen LogP contribution in [0.3, 0.4) is 0 Å². The van der Waals surface area contributed by atoms with E-state index in [1.54, 1.807) is 0 Å². The van der Waals surface area contributed by atoms with Crippen molar-refractivity contribution in [3.63, 3.8) is 0 Å². The lowest BCUT2D eigenvalue weighted by atomic mass is 9.94. The van der Waals surface area contributed by atoms with E-state index >= 15 is 0 Å². The van der Waals surface area contributed by atoms with Crippen molar-refractivity contribution in [2.75, 3.05) is 37.6 Å². The lowest BCUT2D eigenvalue weighted by Gasteiger charge is -2.31. The van der Waals surface area contributed by atoms with Gasteiger partial charge in [0.2, 0.25) is 0 Å². The van der Waals surface area contributed by atoms with Gasteiger partial charge in [-0.3, -0.25) is 4.79 Å². The van der Waals surface area contributed by atoms with Crippen molar-refractivity contribution in [1.29, 1.82) is 0 Å². The van der Waals surface area contributed by atoms with Gasteiger partial charge in [0.05, 0.1) is 0 Å². The summed E-state index contributed by atoms with van der Waals surface area (Å²) in [6.07, 6.45) is 5.03. The van der Waals surface area contributed by atoms with E-state index in [4.69, 9.17) is 4.42 Å². The summed E-state index contributed by atoms with van der Waals surface area (Å²) in [5.41, 5.74) is 3.01. The van der Waals surface area contributed by atoms with Gasteiger partial charge in [-0.2, -0.15) is 0 Å². The summed E-state index contributed by atoms with van der Waals surface area (Å²) in [4.78, 5) is 27.5. The second-order valence-electron chi connectivity index (χ2n) is 8.35. The second kappa shape index (κ2) is 9.47. The Morgan fingerprint density at radius 2 is 2.07 bits per heavy atom. The van der Waals surface area contributed by atoms with Crippen LogP contribution in [0.2, 0.25) is 0 Å². The van der Waals surface area contributed by atoms with E-state index in [2.05, 4.69) is 39.8 Å². The summed E-state index contributed by atoms with van der Waals surface area (Å²) in [7, 11) is 0. The summed E-state index contributed by atoms with van der Waals surface area (Å²) in [6.45, 7) is 6.15. The highest BCUT2D eigenvalue weighted by atomic mass is 16.4. The molecule has 30 heavy (non-hydrogen) atoms. The van der Waals surface area contributed by atoms with Crippen LogP contribution in [-0.2, 0) is 6.42 Å². The van der Waals surface area contributed by atoms with E-state index in [0.717, 1.165) is 58.3 Å². The maximum atomic E-state index is 12.6. The number of hydrogen-bond acceptors (Lipinski definition) is 5. The molecule has 0 spiro atoms. The van der Waals surface area contributed by atoms with Crippen molar-refractivity contribution in [3.05, 3.63) is 63.2 Å². The molecular weight excluding hydrogens is 378 g/mol. The molecule has 6 nitrogen and oxygen atoms in total. The molecule has 2 aliphatic rings. The first kappa shape index (κ1) is 20.7. The molecule has 0 unspecified atom stereocenters. The van der Waals surface area contributed by atoms with Gasteiger partial charge in [-0.25, -0.2) is 4.79 Å². The largest absolute Gasteiger partial charge is 0.427 e. The molecule has 1 amide bonds. The summed E-state index contributed by atoms with van der Waals surface area (Å²) in [6, 6.07) is 10.4. The van der Waals surface area contributed by atoms with Gasteiger partial charge in [0, 0.05) is 31.2 Å². The minimum atomic E-state index is -0.522. The molecule has 2 N–H and O–H groups in total. The zero-order valence-electron chi connectivity index (χ0n) is 17.7. The quantitative estimate of drug-likeness (QED) is 0.718. The fraction of sp³-hybridized carbons (Fsp3) is 0.500. The van der Waals surface area contributed by atoms with E-state index in [0.29, 0.717) is 17.9 Å². The van der Waals surface area contributed by atoms with E-state index in [1.165, 1.54) is 11.3 Å². The lowest BCUT2D eigenvalue weighted by Crippen LogP contribution is -2.34. The summed E-state index contributed by atoms with van der Waals surface area (Å²) in [5, 5.41) is 6.22. The molecule has 0 atom stereocenters. The van der Waals surface area contributed by atoms with Crippen molar-refractivity contribution >= 4 is 11.6 Å². The van der Waals surface area contributed by atoms with Gasteiger partial charge in [0.25, 0.3) is 5.91 Å². The van der Waals surface area contributed by atoms with Crippen molar-refractivity contribution in [2.24, 2.45) is 0 Å². The summed E-state index contributed by atoms with van der Waals surface area (Å²) >= 11 is 0. The first-order chi connectivity index (χ1) is 14.6. The third-order valence-electron chi connectivity index (χ3n) is 6.23. The van der Waals surface area contributed by atoms with Crippen LogP contribution in [-0.4, -0.2) is 38.6 Å². The van der Waals surface area contributed by atoms with E-state index in [-0.39, 0.29) is 17.4 Å². The number of nitrogens with zero attached hydrogens (tertiary/aromatic N) is 1. The number of amides is 1. The molecule has 2 aliphatic heterocycles. The molecule has 1 aromatic carbocycles. The zero-order valence-corrected chi connectivity index (χ0v) is 17.7. The maximum absolute atomic E-state index is 12.6. The average Bonchev–Trinajstić information content (AvgIpc) is 2.77. The van der Waals surface area contributed by atoms with Gasteiger partial charge in [-0.15, -0.1) is 0 Å². The highest BCUT2D eigenvalue weighted by molar-refractivity contribution is 5.95. The molecule has 0 saturated carbocycles. The Morgan fingerprint density at radius 3 is 2.87 bits per heavy atom. The number of nitrogens with one attached hydrogen (secondary N) is 2. The number of aryl methyl sites for hydroxylation is 2. The van der Waals surface area contributed by atoms with Gasteiger partial charge in [-0.05, 0) is 75.4 Å². The number of anilines is 1. The smallest absolute Gasteiger partial charge is 0.349 e. The highest BCUT2D eigenvalue weighted by Crippen LogP contribution is 2.27. The lowest BCUT2D eigenvalue weighted by molar-refractivity contribution is 0.0948. The molecule has 0 aliphatic carbocycles. The topological polar surface area (TPSA) is 74.6 Å². The van der Waals surface area contributed by atoms with Crippen molar-refractivity contribution in [2.45, 2.75) is 44.9 Å². The second-order valence-corrected chi connectivity index (χ2v) is 8.35. The van der Waals surface area contributed by atoms with Crippen LogP contribution in [0.4, 0.5) is 5.69 Å². The molecular formula is C24H31N3O3. The summed E-state index contributed by atoms with van der Waals surface area (Å²) < 4.78 is 5.54. The van der Waals surface area contributed by atoms with Crippen LogP contribution in [0.25, 0.3) is 0 Å². The first-order valence-electron chi connectivity index (χ1n) is 11.1. The van der Waals surface area contributed by atoms with E-state index in [9.17, 15) is 9.59 Å². The molecule has 4 rings (SSSR count). The van der Waals surface area contributed by atoms with Crippen molar-refractivity contribution in [1.82, 2.24) is 10.6 Å². The Kier molecular flexibility index (Phi) is 6.53. The minimum Gasteiger partial charge on any atom is -0.427 e. The number of carbonyl (C=O) groups excluding carboxylic acids is 1. The molecule has 1 aromatic heterocycles. The average molecular weight is 410 g/mol. The first-order valence-corrected chi connectivity index (χ1v) is 11.1. The number of benzene rings is 1. The molecule has 6 heteroatoms. The van der Waals surface area contributed by atoms with Crippen LogP contribution < -0.4 is 21.2 Å². The Morgan fingerprint density at radius 1 is 1.27 bits per heavy atom. The number of hydrogen-bond donors (Lipinski definition) is 2. The van der Waals surface area contributed by atoms with Gasteiger partial charge >= 0.3 is 5.63 Å². The number of para-hydroxylation sites is 1. The highest BCUT2D eigenvalue weighted by Gasteiger charge is 2.22. The van der Waals surface area contributed by atoms with Gasteiger partial charge in [-0.1, -0.05) is 18.2 Å². The number of rotatable bonds is 6. The van der Waals surface area contributed by atoms with Crippen LogP contribution in [0, 0.1) is 6.92 Å². The molecule has 2 aromatic rings. The molecule has 1 saturated heterocycles. The fourth-order valence-electron chi connectivity index (χ4n) is 4.62. The molecule has 0 radical (unpaired) electrons. The van der Waals surface area contributed by atoms with Crippen LogP contribution >= 0.6 is 0 Å². The monoisotopic (exact) mass is 409 g/mol. The molecule has 1 fully saturated rings. The minimum absolute atomic E-state index is 0.135. The van der Waals surface area contributed by atoms with E-state index in [1.807, 2.05) is 13.0 Å². The Hall–Kier alpha value is -2.60. The third kappa shape index (κ3) is 4.59. The molecule has 160 valence electrons. The van der Waals surface area contributed by atoms with Crippen LogP contribution in [0.1, 0.15) is 58.8 Å². The van der Waals surface area contributed by atoms with Gasteiger partial charge < -0.3 is 20.0 Å². The van der Waals surface area contributed by atoms with Crippen LogP contribution in [0.15, 0.2) is 39.5 Å². The van der Waals surface area contributed by atoms with E-state index < -0.39 is 5.63 Å². The molecule has 3 heterocycles. The predicted octanol–water partition coefficient (Wildman–Crippen LogP) is 2.99. The summed E-state index contributed by atoms with van der Waals surface area (Å²) in [5.74, 6) is 0.624.